The fraction of sp³-hybridized carbons (Fsp3) is 0.474. The molecule has 1 saturated carbocycles. The average Bonchev–Trinajstić information content (AvgIpc) is 3.36. The van der Waals surface area contributed by atoms with Gasteiger partial charge < -0.3 is 15.1 Å². The summed E-state index contributed by atoms with van der Waals surface area (Å²) in [5, 5.41) is 7.84. The van der Waals surface area contributed by atoms with Gasteiger partial charge in [-0.05, 0) is 80.3 Å². The number of carbonyl (C=O) groups is 4. The van der Waals surface area contributed by atoms with Gasteiger partial charge in [-0.25, -0.2) is 15.0 Å². The van der Waals surface area contributed by atoms with Crippen LogP contribution in [0, 0.1) is 25.2 Å². The van der Waals surface area contributed by atoms with Crippen LogP contribution in [0.4, 0.5) is 19.0 Å². The number of hydrogen-bond acceptors (Lipinski definition) is 8. The lowest BCUT2D eigenvalue weighted by Gasteiger charge is -2.29. The second-order valence-corrected chi connectivity index (χ2v) is 14.8. The van der Waals surface area contributed by atoms with E-state index in [0.29, 0.717) is 48.1 Å². The molecule has 53 heavy (non-hydrogen) atoms. The van der Waals surface area contributed by atoms with Crippen molar-refractivity contribution >= 4 is 40.2 Å². The number of pyridine rings is 1. The Morgan fingerprint density at radius 1 is 0.981 bits per heavy atom. The summed E-state index contributed by atoms with van der Waals surface area (Å²) in [5.74, 6) is -1.11. The van der Waals surface area contributed by atoms with Crippen molar-refractivity contribution < 1.29 is 32.3 Å². The molecule has 4 atom stereocenters. The van der Waals surface area contributed by atoms with Gasteiger partial charge in [-0.15, -0.1) is 0 Å². The molecule has 1 aromatic carbocycles. The molecule has 2 fully saturated rings. The van der Waals surface area contributed by atoms with Crippen molar-refractivity contribution in [1.82, 2.24) is 34.5 Å². The average molecular weight is 731 g/mol. The highest BCUT2D eigenvalue weighted by Gasteiger charge is 2.73. The fourth-order valence-electron chi connectivity index (χ4n) is 8.39. The number of aromatic nitrogens is 5. The fourth-order valence-corrected chi connectivity index (χ4v) is 8.39. The first-order valence-electron chi connectivity index (χ1n) is 17.8. The predicted octanol–water partition coefficient (Wildman–Crippen LogP) is 5.55. The van der Waals surface area contributed by atoms with E-state index in [9.17, 15) is 32.3 Å². The van der Waals surface area contributed by atoms with Crippen molar-refractivity contribution in [2.24, 2.45) is 11.3 Å². The Balaban J connectivity index is 1.31. The van der Waals surface area contributed by atoms with Crippen molar-refractivity contribution in [3.8, 4) is 11.1 Å². The monoisotopic (exact) mass is 730 g/mol. The first kappa shape index (κ1) is 36.2. The number of benzene rings is 1. The predicted molar refractivity (Wildman–Crippen MR) is 189 cm³/mol. The molecule has 15 heteroatoms. The largest absolute Gasteiger partial charge is 0.433 e. The lowest BCUT2D eigenvalue weighted by Crippen LogP contribution is -2.47. The maximum Gasteiger partial charge on any atom is 0.433 e. The number of anilines is 1. The standard InChI is InChI=1S/C38H41F3N8O4/c1-20-11-12-29(38(39,40)41)44-35(20)45-36(53)28-15-37-19-47(5)30(51)10-8-6-7-9-24-13-25(26-16-42-23(4)43-17-26)14-27-32(22(3)50)46-48(33(24)27)18-31(52)49(28)34(37)21(37)2/h11-14,16-17,21,28,34H,6-10,15,18-19H2,1-5H3,(H,44,45,53)/t21-,28-,34+,37+/m0/s1. The number of rotatable bonds is 4. The minimum Gasteiger partial charge on any atom is -0.345 e. The Bertz CT molecular complexity index is 2150. The molecule has 0 radical (unpaired) electrons. The highest BCUT2D eigenvalue weighted by molar-refractivity contribution is 6.07. The van der Waals surface area contributed by atoms with Crippen molar-refractivity contribution in [2.75, 3.05) is 18.9 Å². The quantitative estimate of drug-likeness (QED) is 0.270. The molecule has 3 aromatic heterocycles. The van der Waals surface area contributed by atoms with Gasteiger partial charge in [0.05, 0.1) is 5.52 Å². The summed E-state index contributed by atoms with van der Waals surface area (Å²) in [6.07, 6.45) is 2.02. The summed E-state index contributed by atoms with van der Waals surface area (Å²) >= 11 is 0. The topological polar surface area (TPSA) is 143 Å². The molecule has 0 spiro atoms. The van der Waals surface area contributed by atoms with Gasteiger partial charge in [0.25, 0.3) is 0 Å². The van der Waals surface area contributed by atoms with Crippen LogP contribution in [0.5, 0.6) is 0 Å². The van der Waals surface area contributed by atoms with E-state index >= 15 is 0 Å². The zero-order chi connectivity index (χ0) is 38.0. The highest BCUT2D eigenvalue weighted by atomic mass is 19.4. The second-order valence-electron chi connectivity index (χ2n) is 14.8. The minimum atomic E-state index is -4.72. The summed E-state index contributed by atoms with van der Waals surface area (Å²) in [7, 11) is 1.73. The normalized spacial score (nSPS) is 23.7. The van der Waals surface area contributed by atoms with Crippen LogP contribution in [0.2, 0.25) is 0 Å². The van der Waals surface area contributed by atoms with E-state index in [-0.39, 0.29) is 42.1 Å². The summed E-state index contributed by atoms with van der Waals surface area (Å²) in [5.41, 5.74) is 1.81. The summed E-state index contributed by atoms with van der Waals surface area (Å²) < 4.78 is 42.2. The van der Waals surface area contributed by atoms with Crippen molar-refractivity contribution in [2.45, 2.75) is 91.0 Å². The summed E-state index contributed by atoms with van der Waals surface area (Å²) in [6, 6.07) is 4.47. The lowest BCUT2D eigenvalue weighted by atomic mass is 9.95. The molecular weight excluding hydrogens is 689 g/mol. The van der Waals surface area contributed by atoms with Gasteiger partial charge in [-0.1, -0.05) is 19.4 Å². The maximum atomic E-state index is 14.6. The third-order valence-corrected chi connectivity index (χ3v) is 11.2. The van der Waals surface area contributed by atoms with Gasteiger partial charge in [-0.3, -0.25) is 23.9 Å². The van der Waals surface area contributed by atoms with E-state index in [2.05, 4.69) is 25.4 Å². The highest BCUT2D eigenvalue weighted by Crippen LogP contribution is 2.64. The molecule has 1 saturated heterocycles. The van der Waals surface area contributed by atoms with Gasteiger partial charge >= 0.3 is 6.18 Å². The van der Waals surface area contributed by atoms with Crippen LogP contribution in [-0.4, -0.2) is 83.7 Å². The number of carbonyl (C=O) groups excluding carboxylic acids is 4. The molecule has 278 valence electrons. The molecule has 2 aliphatic heterocycles. The van der Waals surface area contributed by atoms with Gasteiger partial charge in [0.1, 0.15) is 35.6 Å². The first-order chi connectivity index (χ1) is 25.1. The number of hydrogen-bond donors (Lipinski definition) is 1. The van der Waals surface area contributed by atoms with E-state index in [1.165, 1.54) is 17.9 Å². The molecule has 7 rings (SSSR count). The van der Waals surface area contributed by atoms with Crippen LogP contribution < -0.4 is 5.32 Å². The summed E-state index contributed by atoms with van der Waals surface area (Å²) in [6.45, 7) is 6.76. The van der Waals surface area contributed by atoms with Crippen LogP contribution in [0.25, 0.3) is 22.0 Å². The summed E-state index contributed by atoms with van der Waals surface area (Å²) in [4.78, 5) is 70.6. The number of alkyl halides is 3. The Morgan fingerprint density at radius 2 is 1.70 bits per heavy atom. The van der Waals surface area contributed by atoms with Gasteiger partial charge in [-0.2, -0.15) is 18.3 Å². The molecule has 3 amide bonds. The molecule has 0 unspecified atom stereocenters. The van der Waals surface area contributed by atoms with E-state index in [1.807, 2.05) is 19.1 Å². The Morgan fingerprint density at radius 3 is 2.40 bits per heavy atom. The lowest BCUT2D eigenvalue weighted by molar-refractivity contribution is -0.141. The molecule has 4 aromatic rings. The molecule has 1 N–H and O–H groups in total. The minimum absolute atomic E-state index is 0.0353. The molecular formula is C38H41F3N8O4. The zero-order valence-corrected chi connectivity index (χ0v) is 30.3. The first-order valence-corrected chi connectivity index (χ1v) is 17.8. The number of amides is 3. The number of nitrogens with zero attached hydrogens (tertiary/aromatic N) is 7. The SMILES string of the molecule is CC(=O)c1nn2c3c(cc(-c4cnc(C)nc4)cc13)CCCCCC(=O)N(C)C[C@@]13C[C@@H](C(=O)Nc4nc(C(F)(F)F)ccc4C)N(C(=O)C2)[C@@H]1[C@@H]3C. The Hall–Kier alpha value is -5.21. The Kier molecular flexibility index (Phi) is 9.09. The van der Waals surface area contributed by atoms with Crippen LogP contribution >= 0.6 is 0 Å². The molecule has 12 nitrogen and oxygen atoms in total. The van der Waals surface area contributed by atoms with E-state index in [0.717, 1.165) is 35.6 Å². The molecule has 5 heterocycles. The second kappa shape index (κ2) is 13.3. The van der Waals surface area contributed by atoms with Crippen LogP contribution in [0.3, 0.4) is 0 Å². The number of aryl methyl sites for hydroxylation is 3. The number of nitrogens with one attached hydrogen (secondary N) is 1. The molecule has 2 bridgehead atoms. The van der Waals surface area contributed by atoms with Crippen molar-refractivity contribution in [1.29, 1.82) is 0 Å². The number of Topliss-reactive ketones (excluding diaryl/α,β-unsaturated/α-hetero) is 1. The third-order valence-electron chi connectivity index (χ3n) is 11.2. The van der Waals surface area contributed by atoms with Gasteiger partial charge in [0.2, 0.25) is 17.7 Å². The van der Waals surface area contributed by atoms with E-state index < -0.39 is 41.2 Å². The van der Waals surface area contributed by atoms with Crippen LogP contribution in [-0.2, 0) is 33.5 Å². The van der Waals surface area contributed by atoms with Crippen molar-refractivity contribution in [3.63, 3.8) is 0 Å². The van der Waals surface area contributed by atoms with Crippen molar-refractivity contribution in [3.05, 3.63) is 65.0 Å². The Labute approximate surface area is 304 Å². The number of halogens is 3. The van der Waals surface area contributed by atoms with Gasteiger partial charge in [0, 0.05) is 61.7 Å². The zero-order valence-electron chi connectivity index (χ0n) is 30.3. The number of piperidine rings is 1. The smallest absolute Gasteiger partial charge is 0.345 e. The van der Waals surface area contributed by atoms with E-state index in [1.54, 1.807) is 42.9 Å². The van der Waals surface area contributed by atoms with Crippen LogP contribution in [0.1, 0.15) is 79.1 Å². The molecule has 1 aliphatic carbocycles. The molecule has 3 aliphatic rings. The maximum absolute atomic E-state index is 14.6. The van der Waals surface area contributed by atoms with E-state index in [4.69, 9.17) is 0 Å². The third kappa shape index (κ3) is 6.54. The van der Waals surface area contributed by atoms with Crippen LogP contribution in [0.15, 0.2) is 36.7 Å². The number of ketones is 1. The van der Waals surface area contributed by atoms with Gasteiger partial charge in [0.15, 0.2) is 5.78 Å².